The average molecular weight is 457 g/mol. The first-order valence-electron chi connectivity index (χ1n) is 10.8. The Hall–Kier alpha value is -3.36. The summed E-state index contributed by atoms with van der Waals surface area (Å²) >= 11 is 0. The van der Waals surface area contributed by atoms with E-state index in [1.54, 1.807) is 23.0 Å². The van der Waals surface area contributed by atoms with E-state index in [9.17, 15) is 22.8 Å². The van der Waals surface area contributed by atoms with Crippen molar-refractivity contribution in [2.24, 2.45) is 11.3 Å². The molecule has 0 unspecified atom stereocenters. The molecule has 172 valence electrons. The number of carboxylic acids is 1. The minimum absolute atomic E-state index is 0.00827. The summed E-state index contributed by atoms with van der Waals surface area (Å²) in [5.74, 6) is -1.32. The Morgan fingerprint density at radius 1 is 1.12 bits per heavy atom. The van der Waals surface area contributed by atoms with Gasteiger partial charge in [-0.1, -0.05) is 18.2 Å². The number of hydrogen-bond acceptors (Lipinski definition) is 3. The van der Waals surface area contributed by atoms with Crippen LogP contribution in [0.1, 0.15) is 52.9 Å². The number of nitrogens with zero attached hydrogens (tertiary/aromatic N) is 2. The molecule has 0 saturated heterocycles. The van der Waals surface area contributed by atoms with E-state index in [2.05, 4.69) is 10.3 Å². The number of carbonyl (C=O) groups is 2. The van der Waals surface area contributed by atoms with Gasteiger partial charge in [-0.2, -0.15) is 13.2 Å². The van der Waals surface area contributed by atoms with Crippen molar-refractivity contribution in [3.63, 3.8) is 0 Å². The highest BCUT2D eigenvalue weighted by Gasteiger charge is 2.55. The lowest BCUT2D eigenvalue weighted by molar-refractivity contribution is -0.155. The number of carbonyl (C=O) groups excluding carboxylic acids is 1. The average Bonchev–Trinajstić information content (AvgIpc) is 3.13. The number of pyridine rings is 1. The first-order chi connectivity index (χ1) is 15.6. The Labute approximate surface area is 187 Å². The Kier molecular flexibility index (Phi) is 4.95. The van der Waals surface area contributed by atoms with E-state index in [-0.39, 0.29) is 29.0 Å². The number of rotatable bonds is 5. The molecule has 6 nitrogen and oxygen atoms in total. The largest absolute Gasteiger partial charge is 0.481 e. The van der Waals surface area contributed by atoms with Crippen LogP contribution in [0, 0.1) is 11.3 Å². The van der Waals surface area contributed by atoms with Gasteiger partial charge in [-0.15, -0.1) is 0 Å². The van der Waals surface area contributed by atoms with E-state index >= 15 is 0 Å². The van der Waals surface area contributed by atoms with Gasteiger partial charge in [0.05, 0.1) is 17.0 Å². The molecule has 2 N–H and O–H groups in total. The van der Waals surface area contributed by atoms with Crippen LogP contribution in [0.15, 0.2) is 48.9 Å². The minimum Gasteiger partial charge on any atom is -0.481 e. The molecule has 2 aliphatic carbocycles. The molecule has 3 aromatic rings. The van der Waals surface area contributed by atoms with Gasteiger partial charge < -0.3 is 14.8 Å². The molecule has 2 aliphatic rings. The fraction of sp³-hybridized carbons (Fsp3) is 0.375. The van der Waals surface area contributed by atoms with Crippen molar-refractivity contribution in [2.75, 3.05) is 0 Å². The number of aliphatic carboxylic acids is 1. The zero-order chi connectivity index (χ0) is 23.4. The van der Waals surface area contributed by atoms with Gasteiger partial charge >= 0.3 is 12.1 Å². The summed E-state index contributed by atoms with van der Waals surface area (Å²) in [6, 6.07) is 8.64. The SMILES string of the molecule is O=C(NC1CC2(C1)CC(C(=O)O)C2)c1ncn2cccc(Cc3ccc(C(F)(F)F)cc3)c12. The lowest BCUT2D eigenvalue weighted by atomic mass is 9.50. The van der Waals surface area contributed by atoms with E-state index < -0.39 is 17.7 Å². The molecule has 9 heteroatoms. The molecule has 5 rings (SSSR count). The van der Waals surface area contributed by atoms with Gasteiger partial charge in [-0.3, -0.25) is 9.59 Å². The van der Waals surface area contributed by atoms with Gasteiger partial charge in [0, 0.05) is 12.2 Å². The quantitative estimate of drug-likeness (QED) is 0.598. The lowest BCUT2D eigenvalue weighted by Crippen LogP contribution is -2.57. The summed E-state index contributed by atoms with van der Waals surface area (Å²) in [6.07, 6.45) is 2.17. The zero-order valence-corrected chi connectivity index (χ0v) is 17.6. The standard InChI is InChI=1S/C24H22F3N3O3/c25-24(26,27)17-5-3-14(4-6-17)8-15-2-1-7-30-13-28-19(20(15)30)21(31)29-18-11-23(12-18)9-16(10-23)22(32)33/h1-7,13,16,18H,8-12H2,(H,29,31)(H,32,33). The number of nitrogens with one attached hydrogen (secondary N) is 1. The van der Waals surface area contributed by atoms with Crippen LogP contribution in [0.3, 0.4) is 0 Å². The van der Waals surface area contributed by atoms with Crippen molar-refractivity contribution in [3.05, 3.63) is 71.3 Å². The number of carboxylic acid groups (broad SMARTS) is 1. The molecular weight excluding hydrogens is 435 g/mol. The second kappa shape index (κ2) is 7.60. The highest BCUT2D eigenvalue weighted by molar-refractivity contribution is 6.00. The minimum atomic E-state index is -4.39. The maximum atomic E-state index is 13.0. The van der Waals surface area contributed by atoms with Crippen LogP contribution < -0.4 is 5.32 Å². The van der Waals surface area contributed by atoms with Crippen LogP contribution >= 0.6 is 0 Å². The normalized spacial score (nSPS) is 24.3. The lowest BCUT2D eigenvalue weighted by Gasteiger charge is -2.56. The monoisotopic (exact) mass is 457 g/mol. The van der Waals surface area contributed by atoms with Crippen LogP contribution in [0.25, 0.3) is 5.52 Å². The molecule has 0 aliphatic heterocycles. The molecule has 2 aromatic heterocycles. The van der Waals surface area contributed by atoms with Gasteiger partial charge in [0.15, 0.2) is 5.69 Å². The summed E-state index contributed by atoms with van der Waals surface area (Å²) in [6.45, 7) is 0. The topological polar surface area (TPSA) is 83.7 Å². The van der Waals surface area contributed by atoms with E-state index in [1.807, 2.05) is 6.07 Å². The molecule has 1 amide bonds. The molecule has 2 saturated carbocycles. The van der Waals surface area contributed by atoms with Gasteiger partial charge in [-0.05, 0) is 66.8 Å². The molecule has 2 fully saturated rings. The van der Waals surface area contributed by atoms with Crippen LogP contribution in [0.5, 0.6) is 0 Å². The third kappa shape index (κ3) is 3.96. The first kappa shape index (κ1) is 21.5. The fourth-order valence-corrected chi connectivity index (χ4v) is 5.30. The maximum Gasteiger partial charge on any atom is 0.416 e. The molecule has 1 aromatic carbocycles. The Morgan fingerprint density at radius 2 is 1.82 bits per heavy atom. The number of amides is 1. The summed E-state index contributed by atoms with van der Waals surface area (Å²) in [5.41, 5.74) is 1.73. The van der Waals surface area contributed by atoms with Crippen molar-refractivity contribution < 1.29 is 27.9 Å². The van der Waals surface area contributed by atoms with Gasteiger partial charge in [0.2, 0.25) is 0 Å². The number of benzene rings is 1. The van der Waals surface area contributed by atoms with E-state index in [1.165, 1.54) is 12.1 Å². The number of hydrogen-bond donors (Lipinski definition) is 2. The maximum absolute atomic E-state index is 13.0. The van der Waals surface area contributed by atoms with Crippen molar-refractivity contribution in [1.29, 1.82) is 0 Å². The van der Waals surface area contributed by atoms with Gasteiger partial charge in [0.1, 0.15) is 6.33 Å². The van der Waals surface area contributed by atoms with Gasteiger partial charge in [0.25, 0.3) is 5.91 Å². The highest BCUT2D eigenvalue weighted by Crippen LogP contribution is 2.58. The van der Waals surface area contributed by atoms with Crippen molar-refractivity contribution in [2.45, 2.75) is 44.3 Å². The Balaban J connectivity index is 1.30. The molecule has 0 radical (unpaired) electrons. The molecule has 33 heavy (non-hydrogen) atoms. The number of alkyl halides is 3. The first-order valence-corrected chi connectivity index (χ1v) is 10.8. The number of imidazole rings is 1. The summed E-state index contributed by atoms with van der Waals surface area (Å²) in [5, 5.41) is 12.1. The summed E-state index contributed by atoms with van der Waals surface area (Å²) < 4.78 is 40.3. The third-order valence-electron chi connectivity index (χ3n) is 6.94. The molecule has 1 spiro atoms. The van der Waals surface area contributed by atoms with Crippen molar-refractivity contribution in [1.82, 2.24) is 14.7 Å². The second-order valence-electron chi connectivity index (χ2n) is 9.28. The molecule has 0 atom stereocenters. The van der Waals surface area contributed by atoms with E-state index in [0.717, 1.165) is 30.5 Å². The molecular formula is C24H22F3N3O3. The number of halogens is 3. The van der Waals surface area contributed by atoms with Crippen LogP contribution in [0.2, 0.25) is 0 Å². The van der Waals surface area contributed by atoms with E-state index in [4.69, 9.17) is 5.11 Å². The fourth-order valence-electron chi connectivity index (χ4n) is 5.30. The third-order valence-corrected chi connectivity index (χ3v) is 6.94. The highest BCUT2D eigenvalue weighted by atomic mass is 19.4. The number of aromatic nitrogens is 2. The van der Waals surface area contributed by atoms with Crippen LogP contribution in [-0.4, -0.2) is 32.4 Å². The Bertz CT molecular complexity index is 1220. The molecule has 0 bridgehead atoms. The predicted molar refractivity (Wildman–Crippen MR) is 113 cm³/mol. The predicted octanol–water partition coefficient (Wildman–Crippen LogP) is 4.32. The summed E-state index contributed by atoms with van der Waals surface area (Å²) in [4.78, 5) is 28.3. The Morgan fingerprint density at radius 3 is 2.45 bits per heavy atom. The van der Waals surface area contributed by atoms with Crippen molar-refractivity contribution in [3.8, 4) is 0 Å². The zero-order valence-electron chi connectivity index (χ0n) is 17.6. The van der Waals surface area contributed by atoms with Gasteiger partial charge in [-0.25, -0.2) is 4.98 Å². The van der Waals surface area contributed by atoms with E-state index in [0.29, 0.717) is 30.3 Å². The van der Waals surface area contributed by atoms with Crippen LogP contribution in [0.4, 0.5) is 13.2 Å². The van der Waals surface area contributed by atoms with Crippen molar-refractivity contribution >= 4 is 17.4 Å². The second-order valence-corrected chi connectivity index (χ2v) is 9.28. The number of fused-ring (bicyclic) bond motifs is 1. The molecule has 2 heterocycles. The van der Waals surface area contributed by atoms with Crippen LogP contribution in [-0.2, 0) is 17.4 Å². The summed E-state index contributed by atoms with van der Waals surface area (Å²) in [7, 11) is 0. The smallest absolute Gasteiger partial charge is 0.416 e.